The molecule has 2 N–H and O–H groups in total. The molecule has 0 aliphatic rings. The number of benzene rings is 3. The van der Waals surface area contributed by atoms with Gasteiger partial charge in [0.2, 0.25) is 15.9 Å². The van der Waals surface area contributed by atoms with Crippen LogP contribution in [0.15, 0.2) is 72.8 Å². The van der Waals surface area contributed by atoms with E-state index in [-0.39, 0.29) is 23.5 Å². The summed E-state index contributed by atoms with van der Waals surface area (Å²) in [6.07, 6.45) is 0.840. The van der Waals surface area contributed by atoms with E-state index in [9.17, 15) is 26.8 Å². The second kappa shape index (κ2) is 10.2. The predicted octanol–water partition coefficient (Wildman–Crippen LogP) is 3.30. The number of para-hydroxylation sites is 1. The average molecular weight is 474 g/mol. The molecular formula is C23H21F2N3O4S. The van der Waals surface area contributed by atoms with E-state index >= 15 is 0 Å². The zero-order valence-corrected chi connectivity index (χ0v) is 18.4. The van der Waals surface area contributed by atoms with Crippen LogP contribution < -0.4 is 14.9 Å². The first-order valence-electron chi connectivity index (χ1n) is 9.79. The molecule has 0 aliphatic carbocycles. The van der Waals surface area contributed by atoms with Crippen molar-refractivity contribution in [2.45, 2.75) is 6.54 Å². The summed E-state index contributed by atoms with van der Waals surface area (Å²) in [5, 5.41) is 5.27. The number of hydrogen-bond acceptors (Lipinski definition) is 4. The molecule has 0 aromatic heterocycles. The number of nitrogens with zero attached hydrogens (tertiary/aromatic N) is 1. The monoisotopic (exact) mass is 473 g/mol. The predicted molar refractivity (Wildman–Crippen MR) is 121 cm³/mol. The minimum Gasteiger partial charge on any atom is -0.348 e. The maximum Gasteiger partial charge on any atom is 0.253 e. The topological polar surface area (TPSA) is 95.6 Å². The molecule has 0 radical (unpaired) electrons. The van der Waals surface area contributed by atoms with Crippen molar-refractivity contribution in [1.82, 2.24) is 5.32 Å². The van der Waals surface area contributed by atoms with E-state index in [1.807, 2.05) is 30.3 Å². The maximum atomic E-state index is 13.6. The van der Waals surface area contributed by atoms with Gasteiger partial charge in [-0.3, -0.25) is 13.9 Å². The minimum absolute atomic E-state index is 0.173. The summed E-state index contributed by atoms with van der Waals surface area (Å²) in [5.41, 5.74) is 1.04. The molecule has 33 heavy (non-hydrogen) atoms. The molecule has 0 spiro atoms. The molecule has 0 atom stereocenters. The summed E-state index contributed by atoms with van der Waals surface area (Å²) in [5.74, 6) is -3.60. The van der Waals surface area contributed by atoms with Gasteiger partial charge in [0.15, 0.2) is 11.6 Å². The highest BCUT2D eigenvalue weighted by molar-refractivity contribution is 7.92. The second-order valence-corrected chi connectivity index (χ2v) is 9.04. The summed E-state index contributed by atoms with van der Waals surface area (Å²) in [6, 6.07) is 18.0. The molecule has 172 valence electrons. The molecule has 3 aromatic rings. The van der Waals surface area contributed by atoms with E-state index in [0.717, 1.165) is 24.0 Å². The highest BCUT2D eigenvalue weighted by Crippen LogP contribution is 2.21. The van der Waals surface area contributed by atoms with Gasteiger partial charge in [0, 0.05) is 12.6 Å². The molecule has 0 bridgehead atoms. The zero-order valence-electron chi connectivity index (χ0n) is 17.6. The Hall–Kier alpha value is -3.79. The van der Waals surface area contributed by atoms with Crippen LogP contribution in [-0.2, 0) is 21.4 Å². The van der Waals surface area contributed by atoms with Crippen molar-refractivity contribution in [3.63, 3.8) is 0 Å². The van der Waals surface area contributed by atoms with Gasteiger partial charge in [-0.1, -0.05) is 42.5 Å². The molecule has 0 fully saturated rings. The molecule has 3 aromatic carbocycles. The fraction of sp³-hybridized carbons (Fsp3) is 0.130. The first-order valence-corrected chi connectivity index (χ1v) is 11.6. The average Bonchev–Trinajstić information content (AvgIpc) is 2.78. The van der Waals surface area contributed by atoms with Crippen LogP contribution in [0.5, 0.6) is 0 Å². The summed E-state index contributed by atoms with van der Waals surface area (Å²) in [7, 11) is -4.00. The first-order chi connectivity index (χ1) is 15.6. The fourth-order valence-electron chi connectivity index (χ4n) is 3.02. The van der Waals surface area contributed by atoms with Crippen molar-refractivity contribution in [2.24, 2.45) is 0 Å². The number of halogens is 2. The van der Waals surface area contributed by atoms with Crippen molar-refractivity contribution >= 4 is 33.2 Å². The SMILES string of the molecule is CS(=O)(=O)N(CC(=O)Nc1ccccc1C(=O)NCc1ccccc1)c1ccc(F)c(F)c1. The third-order valence-corrected chi connectivity index (χ3v) is 5.76. The molecule has 3 rings (SSSR count). The van der Waals surface area contributed by atoms with E-state index in [1.165, 1.54) is 12.1 Å². The van der Waals surface area contributed by atoms with Crippen molar-refractivity contribution in [3.8, 4) is 0 Å². The van der Waals surface area contributed by atoms with E-state index in [4.69, 9.17) is 0 Å². The largest absolute Gasteiger partial charge is 0.348 e. The van der Waals surface area contributed by atoms with E-state index in [2.05, 4.69) is 10.6 Å². The van der Waals surface area contributed by atoms with Gasteiger partial charge in [0.1, 0.15) is 6.54 Å². The zero-order chi connectivity index (χ0) is 24.0. The molecule has 0 saturated carbocycles. The summed E-state index contributed by atoms with van der Waals surface area (Å²) >= 11 is 0. The van der Waals surface area contributed by atoms with Gasteiger partial charge in [-0.15, -0.1) is 0 Å². The lowest BCUT2D eigenvalue weighted by Crippen LogP contribution is -2.38. The Labute approximate surface area is 190 Å². The van der Waals surface area contributed by atoms with E-state index < -0.39 is 40.0 Å². The Bertz CT molecular complexity index is 1270. The van der Waals surface area contributed by atoms with Crippen molar-refractivity contribution in [3.05, 3.63) is 95.6 Å². The molecule has 0 aliphatic heterocycles. The number of hydrogen-bond donors (Lipinski definition) is 2. The first kappa shape index (κ1) is 23.9. The van der Waals surface area contributed by atoms with Crippen molar-refractivity contribution in [1.29, 1.82) is 0 Å². The van der Waals surface area contributed by atoms with E-state index in [0.29, 0.717) is 10.4 Å². The third-order valence-electron chi connectivity index (χ3n) is 4.62. The van der Waals surface area contributed by atoms with Crippen LogP contribution >= 0.6 is 0 Å². The van der Waals surface area contributed by atoms with Crippen LogP contribution in [0.2, 0.25) is 0 Å². The summed E-state index contributed by atoms with van der Waals surface area (Å²) in [6.45, 7) is -0.427. The molecule has 0 heterocycles. The van der Waals surface area contributed by atoms with Gasteiger partial charge in [-0.25, -0.2) is 17.2 Å². The number of carbonyl (C=O) groups excluding carboxylic acids is 2. The Morgan fingerprint density at radius 1 is 0.909 bits per heavy atom. The molecule has 0 unspecified atom stereocenters. The smallest absolute Gasteiger partial charge is 0.253 e. The molecule has 2 amide bonds. The van der Waals surface area contributed by atoms with Crippen LogP contribution in [0.3, 0.4) is 0 Å². The van der Waals surface area contributed by atoms with E-state index in [1.54, 1.807) is 12.1 Å². The number of carbonyl (C=O) groups is 2. The normalized spacial score (nSPS) is 11.0. The van der Waals surface area contributed by atoms with Crippen LogP contribution in [0.1, 0.15) is 15.9 Å². The summed E-state index contributed by atoms with van der Waals surface area (Å²) < 4.78 is 51.8. The highest BCUT2D eigenvalue weighted by atomic mass is 32.2. The number of rotatable bonds is 8. The van der Waals surface area contributed by atoms with Crippen LogP contribution in [0, 0.1) is 11.6 Å². The van der Waals surface area contributed by atoms with Gasteiger partial charge in [0.25, 0.3) is 5.91 Å². The van der Waals surface area contributed by atoms with Crippen molar-refractivity contribution < 1.29 is 26.8 Å². The minimum atomic E-state index is -4.00. The lowest BCUT2D eigenvalue weighted by molar-refractivity contribution is -0.114. The van der Waals surface area contributed by atoms with Crippen LogP contribution in [-0.4, -0.2) is 33.0 Å². The standard InChI is InChI=1S/C23H21F2N3O4S/c1-33(31,32)28(17-11-12-19(24)20(25)13-17)15-22(29)27-21-10-6-5-9-18(21)23(30)26-14-16-7-3-2-4-8-16/h2-13H,14-15H2,1H3,(H,26,30)(H,27,29). The lowest BCUT2D eigenvalue weighted by Gasteiger charge is -2.22. The van der Waals surface area contributed by atoms with Gasteiger partial charge in [-0.2, -0.15) is 0 Å². The number of nitrogens with one attached hydrogen (secondary N) is 2. The Balaban J connectivity index is 1.75. The van der Waals surface area contributed by atoms with Gasteiger partial charge >= 0.3 is 0 Å². The molecule has 7 nitrogen and oxygen atoms in total. The van der Waals surface area contributed by atoms with Gasteiger partial charge < -0.3 is 10.6 Å². The molecule has 0 saturated heterocycles. The Kier molecular flexibility index (Phi) is 7.39. The summed E-state index contributed by atoms with van der Waals surface area (Å²) in [4.78, 5) is 25.3. The molecular weight excluding hydrogens is 452 g/mol. The van der Waals surface area contributed by atoms with Crippen molar-refractivity contribution in [2.75, 3.05) is 22.4 Å². The number of amides is 2. The Morgan fingerprint density at radius 3 is 2.24 bits per heavy atom. The van der Waals surface area contributed by atoms with Crippen LogP contribution in [0.25, 0.3) is 0 Å². The maximum absolute atomic E-state index is 13.6. The highest BCUT2D eigenvalue weighted by Gasteiger charge is 2.23. The third kappa shape index (κ3) is 6.36. The van der Waals surface area contributed by atoms with Gasteiger partial charge in [0.05, 0.1) is 23.2 Å². The van der Waals surface area contributed by atoms with Crippen LogP contribution in [0.4, 0.5) is 20.2 Å². The lowest BCUT2D eigenvalue weighted by atomic mass is 10.1. The number of anilines is 2. The Morgan fingerprint density at radius 2 is 1.58 bits per heavy atom. The van der Waals surface area contributed by atoms with Gasteiger partial charge in [-0.05, 0) is 29.8 Å². The molecule has 10 heteroatoms. The number of sulfonamides is 1. The second-order valence-electron chi connectivity index (χ2n) is 7.13. The fourth-order valence-corrected chi connectivity index (χ4v) is 3.87. The quantitative estimate of drug-likeness (QED) is 0.525.